The Morgan fingerprint density at radius 2 is 1.83 bits per heavy atom. The van der Waals surface area contributed by atoms with Gasteiger partial charge in [-0.3, -0.25) is 0 Å². The highest BCUT2D eigenvalue weighted by Gasteiger charge is 2.24. The van der Waals surface area contributed by atoms with Crippen LogP contribution in [0.3, 0.4) is 0 Å². The standard InChI is InChI=1S/C18H18N4O2/c1-14-7-9-16(10-8-14)12-24-18(23)17(22-13-19-20-21-22)11-15-5-3-2-4-6-15/h2-10,13,17H,11-12H2,1H3/t17-/m1/s1. The van der Waals surface area contributed by atoms with Gasteiger partial charge in [0.2, 0.25) is 0 Å². The lowest BCUT2D eigenvalue weighted by atomic mass is 10.1. The molecule has 0 spiro atoms. The minimum Gasteiger partial charge on any atom is -0.459 e. The Labute approximate surface area is 140 Å². The first-order chi connectivity index (χ1) is 11.7. The first kappa shape index (κ1) is 15.9. The molecule has 1 atom stereocenters. The molecule has 0 aliphatic carbocycles. The van der Waals surface area contributed by atoms with Gasteiger partial charge >= 0.3 is 5.97 Å². The summed E-state index contributed by atoms with van der Waals surface area (Å²) in [5, 5.41) is 11.1. The fourth-order valence-electron chi connectivity index (χ4n) is 2.37. The molecular weight excluding hydrogens is 304 g/mol. The number of aromatic nitrogens is 4. The van der Waals surface area contributed by atoms with E-state index in [-0.39, 0.29) is 12.6 Å². The number of rotatable bonds is 6. The number of ether oxygens (including phenoxy) is 1. The quantitative estimate of drug-likeness (QED) is 0.652. The molecule has 0 amide bonds. The van der Waals surface area contributed by atoms with Gasteiger partial charge in [0.1, 0.15) is 12.9 Å². The van der Waals surface area contributed by atoms with Crippen LogP contribution in [0, 0.1) is 6.92 Å². The maximum atomic E-state index is 12.5. The van der Waals surface area contributed by atoms with Crippen LogP contribution in [0.2, 0.25) is 0 Å². The van der Waals surface area contributed by atoms with Crippen molar-refractivity contribution in [1.82, 2.24) is 20.2 Å². The van der Waals surface area contributed by atoms with E-state index < -0.39 is 6.04 Å². The van der Waals surface area contributed by atoms with Gasteiger partial charge in [-0.05, 0) is 28.5 Å². The molecule has 24 heavy (non-hydrogen) atoms. The second kappa shape index (κ2) is 7.50. The van der Waals surface area contributed by atoms with E-state index in [1.54, 1.807) is 0 Å². The zero-order valence-electron chi connectivity index (χ0n) is 13.4. The summed E-state index contributed by atoms with van der Waals surface area (Å²) in [7, 11) is 0. The summed E-state index contributed by atoms with van der Waals surface area (Å²) in [5.41, 5.74) is 3.13. The molecule has 0 aliphatic rings. The normalized spacial score (nSPS) is 11.9. The van der Waals surface area contributed by atoms with Gasteiger partial charge in [0, 0.05) is 6.42 Å². The average Bonchev–Trinajstić information content (AvgIpc) is 3.14. The van der Waals surface area contributed by atoms with Gasteiger partial charge in [0.15, 0.2) is 6.04 Å². The van der Waals surface area contributed by atoms with E-state index in [0.29, 0.717) is 6.42 Å². The van der Waals surface area contributed by atoms with Crippen LogP contribution in [0.25, 0.3) is 0 Å². The van der Waals surface area contributed by atoms with Gasteiger partial charge in [-0.1, -0.05) is 60.2 Å². The van der Waals surface area contributed by atoms with Crippen molar-refractivity contribution in [2.24, 2.45) is 0 Å². The largest absolute Gasteiger partial charge is 0.459 e. The SMILES string of the molecule is Cc1ccc(COC(=O)[C@@H](Cc2ccccc2)n2cnnn2)cc1. The van der Waals surface area contributed by atoms with Crippen LogP contribution in [0.1, 0.15) is 22.7 Å². The predicted molar refractivity (Wildman–Crippen MR) is 88.0 cm³/mol. The molecule has 3 rings (SSSR count). The molecule has 0 bridgehead atoms. The van der Waals surface area contributed by atoms with Gasteiger partial charge < -0.3 is 4.74 Å². The molecule has 0 radical (unpaired) electrons. The van der Waals surface area contributed by atoms with Crippen LogP contribution in [0.4, 0.5) is 0 Å². The lowest BCUT2D eigenvalue weighted by Gasteiger charge is -2.15. The van der Waals surface area contributed by atoms with E-state index in [2.05, 4.69) is 15.5 Å². The highest BCUT2D eigenvalue weighted by molar-refractivity contribution is 5.74. The van der Waals surface area contributed by atoms with Crippen molar-refractivity contribution in [2.45, 2.75) is 26.0 Å². The van der Waals surface area contributed by atoms with Crippen LogP contribution in [-0.4, -0.2) is 26.2 Å². The van der Waals surface area contributed by atoms with Crippen LogP contribution < -0.4 is 0 Å². The lowest BCUT2D eigenvalue weighted by molar-refractivity contribution is -0.149. The van der Waals surface area contributed by atoms with E-state index in [0.717, 1.165) is 11.1 Å². The number of nitrogens with zero attached hydrogens (tertiary/aromatic N) is 4. The third kappa shape index (κ3) is 4.04. The summed E-state index contributed by atoms with van der Waals surface area (Å²) in [6.07, 6.45) is 1.90. The number of aryl methyl sites for hydroxylation is 1. The molecule has 0 saturated heterocycles. The van der Waals surface area contributed by atoms with Crippen LogP contribution >= 0.6 is 0 Å². The molecule has 0 saturated carbocycles. The van der Waals surface area contributed by atoms with Crippen molar-refractivity contribution in [3.05, 3.63) is 77.6 Å². The predicted octanol–water partition coefficient (Wildman–Crippen LogP) is 2.51. The Morgan fingerprint density at radius 3 is 2.50 bits per heavy atom. The Hall–Kier alpha value is -3.02. The second-order valence-corrected chi connectivity index (χ2v) is 5.59. The monoisotopic (exact) mass is 322 g/mol. The fourth-order valence-corrected chi connectivity index (χ4v) is 2.37. The molecule has 1 heterocycles. The number of carbonyl (C=O) groups is 1. The van der Waals surface area contributed by atoms with E-state index in [4.69, 9.17) is 4.74 Å². The summed E-state index contributed by atoms with van der Waals surface area (Å²) in [6, 6.07) is 17.0. The molecule has 1 aromatic heterocycles. The van der Waals surface area contributed by atoms with Crippen LogP contribution in [0.5, 0.6) is 0 Å². The van der Waals surface area contributed by atoms with Gasteiger partial charge in [0.05, 0.1) is 0 Å². The Balaban J connectivity index is 1.70. The van der Waals surface area contributed by atoms with Crippen molar-refractivity contribution in [1.29, 1.82) is 0 Å². The first-order valence-electron chi connectivity index (χ1n) is 7.71. The maximum Gasteiger partial charge on any atom is 0.331 e. The van der Waals surface area contributed by atoms with Gasteiger partial charge in [-0.2, -0.15) is 0 Å². The molecular formula is C18H18N4O2. The van der Waals surface area contributed by atoms with Crippen molar-refractivity contribution in [2.75, 3.05) is 0 Å². The Morgan fingerprint density at radius 1 is 1.08 bits per heavy atom. The second-order valence-electron chi connectivity index (χ2n) is 5.59. The summed E-state index contributed by atoms with van der Waals surface area (Å²) < 4.78 is 6.91. The van der Waals surface area contributed by atoms with E-state index in [1.807, 2.05) is 61.5 Å². The van der Waals surface area contributed by atoms with Crippen LogP contribution in [0.15, 0.2) is 60.9 Å². The topological polar surface area (TPSA) is 69.9 Å². The molecule has 6 heteroatoms. The fraction of sp³-hybridized carbons (Fsp3) is 0.222. The summed E-state index contributed by atoms with van der Waals surface area (Å²) in [6.45, 7) is 2.25. The highest BCUT2D eigenvalue weighted by atomic mass is 16.5. The van der Waals surface area contributed by atoms with Gasteiger partial charge in [0.25, 0.3) is 0 Å². The minimum atomic E-state index is -0.590. The van der Waals surface area contributed by atoms with Gasteiger partial charge in [-0.25, -0.2) is 9.48 Å². The molecule has 0 fully saturated rings. The third-order valence-corrected chi connectivity index (χ3v) is 3.73. The first-order valence-corrected chi connectivity index (χ1v) is 7.71. The molecule has 0 unspecified atom stereocenters. The number of tetrazole rings is 1. The summed E-state index contributed by atoms with van der Waals surface area (Å²) in [4.78, 5) is 12.5. The van der Waals surface area contributed by atoms with Crippen molar-refractivity contribution in [3.8, 4) is 0 Å². The van der Waals surface area contributed by atoms with Crippen molar-refractivity contribution in [3.63, 3.8) is 0 Å². The molecule has 2 aromatic carbocycles. The van der Waals surface area contributed by atoms with E-state index in [1.165, 1.54) is 16.6 Å². The van der Waals surface area contributed by atoms with E-state index in [9.17, 15) is 4.79 Å². The lowest BCUT2D eigenvalue weighted by Crippen LogP contribution is -2.24. The summed E-state index contributed by atoms with van der Waals surface area (Å²) in [5.74, 6) is -0.355. The number of esters is 1. The smallest absolute Gasteiger partial charge is 0.331 e. The number of carbonyl (C=O) groups excluding carboxylic acids is 1. The maximum absolute atomic E-state index is 12.5. The molecule has 6 nitrogen and oxygen atoms in total. The van der Waals surface area contributed by atoms with Crippen LogP contribution in [-0.2, 0) is 22.6 Å². The molecule has 0 N–H and O–H groups in total. The third-order valence-electron chi connectivity index (χ3n) is 3.73. The zero-order chi connectivity index (χ0) is 16.8. The number of hydrogen-bond acceptors (Lipinski definition) is 5. The van der Waals surface area contributed by atoms with Crippen molar-refractivity contribution < 1.29 is 9.53 Å². The van der Waals surface area contributed by atoms with Gasteiger partial charge in [-0.15, -0.1) is 5.10 Å². The molecule has 122 valence electrons. The Kier molecular flexibility index (Phi) is 4.96. The number of benzene rings is 2. The minimum absolute atomic E-state index is 0.229. The highest BCUT2D eigenvalue weighted by Crippen LogP contribution is 2.16. The summed E-state index contributed by atoms with van der Waals surface area (Å²) >= 11 is 0. The average molecular weight is 322 g/mol. The number of hydrogen-bond donors (Lipinski definition) is 0. The van der Waals surface area contributed by atoms with E-state index >= 15 is 0 Å². The van der Waals surface area contributed by atoms with Crippen molar-refractivity contribution >= 4 is 5.97 Å². The zero-order valence-corrected chi connectivity index (χ0v) is 13.4. The molecule has 0 aliphatic heterocycles. The molecule has 3 aromatic rings. The Bertz CT molecular complexity index is 771.